The van der Waals surface area contributed by atoms with Crippen LogP contribution in [0.1, 0.15) is 91.9 Å². The standard InChI is InChI=1S/C18H38O3/c1-17(2,13-9-5-7-11-15-19)21-18(3,4)14-10-6-8-12-16-20/h19-20H,5-16H2,1-4H3. The predicted molar refractivity (Wildman–Crippen MR) is 89.6 cm³/mol. The van der Waals surface area contributed by atoms with Crippen LogP contribution in [0.2, 0.25) is 0 Å². The first-order chi connectivity index (χ1) is 9.83. The maximum Gasteiger partial charge on any atom is 0.0633 e. The molecule has 3 heteroatoms. The molecule has 0 atom stereocenters. The van der Waals surface area contributed by atoms with Gasteiger partial charge < -0.3 is 14.9 Å². The smallest absolute Gasteiger partial charge is 0.0633 e. The lowest BCUT2D eigenvalue weighted by atomic mass is 9.95. The van der Waals surface area contributed by atoms with E-state index in [2.05, 4.69) is 27.7 Å². The summed E-state index contributed by atoms with van der Waals surface area (Å²) in [4.78, 5) is 0. The molecule has 0 heterocycles. The lowest BCUT2D eigenvalue weighted by molar-refractivity contribution is -0.130. The quantitative estimate of drug-likeness (QED) is 0.466. The number of hydrogen-bond donors (Lipinski definition) is 2. The van der Waals surface area contributed by atoms with Gasteiger partial charge in [-0.05, 0) is 53.4 Å². The SMILES string of the molecule is CC(C)(CCCCCCO)OC(C)(C)CCCCCCO. The van der Waals surface area contributed by atoms with Crippen LogP contribution in [0.15, 0.2) is 0 Å². The van der Waals surface area contributed by atoms with E-state index in [1.807, 2.05) is 0 Å². The number of rotatable bonds is 14. The van der Waals surface area contributed by atoms with Crippen LogP contribution in [-0.2, 0) is 4.74 Å². The molecule has 3 nitrogen and oxygen atoms in total. The summed E-state index contributed by atoms with van der Waals surface area (Å²) >= 11 is 0. The van der Waals surface area contributed by atoms with Crippen LogP contribution >= 0.6 is 0 Å². The van der Waals surface area contributed by atoms with Crippen LogP contribution in [0, 0.1) is 0 Å². The average molecular weight is 302 g/mol. The summed E-state index contributed by atoms with van der Waals surface area (Å²) in [5.41, 5.74) is -0.151. The third kappa shape index (κ3) is 13.3. The largest absolute Gasteiger partial charge is 0.396 e. The Morgan fingerprint density at radius 2 is 0.905 bits per heavy atom. The lowest BCUT2D eigenvalue weighted by Gasteiger charge is -2.36. The van der Waals surface area contributed by atoms with Gasteiger partial charge in [-0.25, -0.2) is 0 Å². The summed E-state index contributed by atoms with van der Waals surface area (Å²) in [7, 11) is 0. The normalized spacial score (nSPS) is 12.9. The van der Waals surface area contributed by atoms with Gasteiger partial charge in [-0.1, -0.05) is 38.5 Å². The van der Waals surface area contributed by atoms with E-state index in [1.165, 1.54) is 25.7 Å². The van der Waals surface area contributed by atoms with Crippen molar-refractivity contribution in [1.29, 1.82) is 0 Å². The molecule has 0 rings (SSSR count). The zero-order chi connectivity index (χ0) is 16.2. The Labute approximate surface area is 132 Å². The predicted octanol–water partition coefficient (Wildman–Crippen LogP) is 4.45. The summed E-state index contributed by atoms with van der Waals surface area (Å²) in [6.45, 7) is 9.37. The average Bonchev–Trinajstić information content (AvgIpc) is 2.36. The Bertz CT molecular complexity index is 213. The van der Waals surface area contributed by atoms with E-state index < -0.39 is 0 Å². The van der Waals surface area contributed by atoms with E-state index in [0.717, 1.165) is 38.5 Å². The number of ether oxygens (including phenoxy) is 1. The molecule has 0 bridgehead atoms. The van der Waals surface area contributed by atoms with Crippen molar-refractivity contribution in [2.75, 3.05) is 13.2 Å². The molecule has 2 N–H and O–H groups in total. The van der Waals surface area contributed by atoms with Crippen LogP contribution < -0.4 is 0 Å². The van der Waals surface area contributed by atoms with E-state index >= 15 is 0 Å². The maximum atomic E-state index is 8.78. The molecule has 0 aliphatic rings. The molecule has 0 aromatic rings. The molecule has 0 amide bonds. The van der Waals surface area contributed by atoms with Gasteiger partial charge in [-0.2, -0.15) is 0 Å². The molecule has 21 heavy (non-hydrogen) atoms. The Hall–Kier alpha value is -0.120. The van der Waals surface area contributed by atoms with Gasteiger partial charge in [-0.3, -0.25) is 0 Å². The highest BCUT2D eigenvalue weighted by atomic mass is 16.5. The molecule has 0 spiro atoms. The van der Waals surface area contributed by atoms with Gasteiger partial charge in [0.1, 0.15) is 0 Å². The van der Waals surface area contributed by atoms with Crippen LogP contribution in [0.5, 0.6) is 0 Å². The number of aliphatic hydroxyl groups is 2. The fourth-order valence-electron chi connectivity index (χ4n) is 2.88. The number of hydrogen-bond acceptors (Lipinski definition) is 3. The molecule has 128 valence electrons. The van der Waals surface area contributed by atoms with E-state index in [9.17, 15) is 0 Å². The minimum atomic E-state index is -0.0756. The topological polar surface area (TPSA) is 49.7 Å². The Balaban J connectivity index is 3.87. The molecule has 0 aromatic carbocycles. The summed E-state index contributed by atoms with van der Waals surface area (Å²) < 4.78 is 6.34. The van der Waals surface area contributed by atoms with Crippen LogP contribution in [0.3, 0.4) is 0 Å². The van der Waals surface area contributed by atoms with Crippen molar-refractivity contribution < 1.29 is 14.9 Å². The second kappa shape index (κ2) is 11.4. The second-order valence-electron chi connectivity index (χ2n) is 7.40. The molecule has 0 saturated carbocycles. The molecule has 0 aliphatic heterocycles. The third-order valence-corrected chi connectivity index (χ3v) is 3.93. The fraction of sp³-hybridized carbons (Fsp3) is 1.00. The third-order valence-electron chi connectivity index (χ3n) is 3.93. The van der Waals surface area contributed by atoms with E-state index in [4.69, 9.17) is 14.9 Å². The molecule has 0 aromatic heterocycles. The van der Waals surface area contributed by atoms with Crippen LogP contribution in [0.25, 0.3) is 0 Å². The minimum absolute atomic E-state index is 0.0756. The van der Waals surface area contributed by atoms with Crippen molar-refractivity contribution >= 4 is 0 Å². The van der Waals surface area contributed by atoms with Crippen molar-refractivity contribution in [3.05, 3.63) is 0 Å². The molecule has 0 aliphatic carbocycles. The van der Waals surface area contributed by atoms with Crippen molar-refractivity contribution in [2.45, 2.75) is 103 Å². The van der Waals surface area contributed by atoms with Gasteiger partial charge in [0.25, 0.3) is 0 Å². The van der Waals surface area contributed by atoms with Crippen molar-refractivity contribution in [3.8, 4) is 0 Å². The van der Waals surface area contributed by atoms with Gasteiger partial charge in [0, 0.05) is 13.2 Å². The maximum absolute atomic E-state index is 8.78. The zero-order valence-corrected chi connectivity index (χ0v) is 14.8. The summed E-state index contributed by atoms with van der Waals surface area (Å²) in [6.07, 6.45) is 10.9. The Morgan fingerprint density at radius 3 is 1.24 bits per heavy atom. The highest BCUT2D eigenvalue weighted by molar-refractivity contribution is 4.77. The van der Waals surface area contributed by atoms with E-state index in [1.54, 1.807) is 0 Å². The van der Waals surface area contributed by atoms with E-state index in [0.29, 0.717) is 13.2 Å². The first kappa shape index (κ1) is 20.9. The van der Waals surface area contributed by atoms with Crippen molar-refractivity contribution in [2.24, 2.45) is 0 Å². The van der Waals surface area contributed by atoms with Gasteiger partial charge in [-0.15, -0.1) is 0 Å². The van der Waals surface area contributed by atoms with Crippen LogP contribution in [-0.4, -0.2) is 34.6 Å². The monoisotopic (exact) mass is 302 g/mol. The number of aliphatic hydroxyl groups excluding tert-OH is 2. The Morgan fingerprint density at radius 1 is 0.571 bits per heavy atom. The zero-order valence-electron chi connectivity index (χ0n) is 14.8. The molecule has 0 saturated heterocycles. The van der Waals surface area contributed by atoms with Gasteiger partial charge in [0.05, 0.1) is 11.2 Å². The minimum Gasteiger partial charge on any atom is -0.396 e. The number of unbranched alkanes of at least 4 members (excludes halogenated alkanes) is 6. The molecular formula is C18H38O3. The lowest BCUT2D eigenvalue weighted by Crippen LogP contribution is -2.37. The van der Waals surface area contributed by atoms with Gasteiger partial charge >= 0.3 is 0 Å². The van der Waals surface area contributed by atoms with Gasteiger partial charge in [0.2, 0.25) is 0 Å². The molecule has 0 unspecified atom stereocenters. The summed E-state index contributed by atoms with van der Waals surface area (Å²) in [5.74, 6) is 0. The fourth-order valence-corrected chi connectivity index (χ4v) is 2.88. The Kier molecular flexibility index (Phi) is 11.4. The first-order valence-electron chi connectivity index (χ1n) is 8.75. The molecular weight excluding hydrogens is 264 g/mol. The second-order valence-corrected chi connectivity index (χ2v) is 7.40. The van der Waals surface area contributed by atoms with Crippen molar-refractivity contribution in [3.63, 3.8) is 0 Å². The van der Waals surface area contributed by atoms with Crippen molar-refractivity contribution in [1.82, 2.24) is 0 Å². The summed E-state index contributed by atoms with van der Waals surface area (Å²) in [6, 6.07) is 0. The summed E-state index contributed by atoms with van der Waals surface area (Å²) in [5, 5.41) is 17.6. The van der Waals surface area contributed by atoms with E-state index in [-0.39, 0.29) is 11.2 Å². The highest BCUT2D eigenvalue weighted by Crippen LogP contribution is 2.29. The molecule has 0 radical (unpaired) electrons. The first-order valence-corrected chi connectivity index (χ1v) is 8.75. The molecule has 0 fully saturated rings. The highest BCUT2D eigenvalue weighted by Gasteiger charge is 2.28. The van der Waals surface area contributed by atoms with Gasteiger partial charge in [0.15, 0.2) is 0 Å². The van der Waals surface area contributed by atoms with Crippen LogP contribution in [0.4, 0.5) is 0 Å².